The van der Waals surface area contributed by atoms with Gasteiger partial charge >= 0.3 is 0 Å². The van der Waals surface area contributed by atoms with E-state index in [0.717, 1.165) is 39.0 Å². The Morgan fingerprint density at radius 2 is 0.900 bits per heavy atom. The molecule has 0 aliphatic heterocycles. The number of rotatable bonds is 5. The molecule has 0 spiro atoms. The molecule has 0 bridgehead atoms. The fraction of sp³-hybridized carbons (Fsp3) is 0. The quantitative estimate of drug-likeness (QED) is 0.175. The number of hydrogen-bond acceptors (Lipinski definition) is 2. The van der Waals surface area contributed by atoms with E-state index in [9.17, 15) is 0 Å². The van der Waals surface area contributed by atoms with Gasteiger partial charge in [-0.2, -0.15) is 0 Å². The molecule has 2 nitrogen and oxygen atoms in total. The number of nitrogens with zero attached hydrogens (tertiary/aromatic N) is 1. The highest BCUT2D eigenvalue weighted by atomic mass is 16.3. The summed E-state index contributed by atoms with van der Waals surface area (Å²) in [5.74, 6) is 0. The molecule has 50 heavy (non-hydrogen) atoms. The SMILES string of the molecule is c1ccc(-c2ccc3c(ccc4cc(N(c5ccc(-c6cccc7ccccc67)cc5)c5ccc6c(c5)oc5ccccc56)ccc43)c2)cc1. The molecule has 234 valence electrons. The normalized spacial score (nSPS) is 11.6. The van der Waals surface area contributed by atoms with Crippen molar-refractivity contribution in [3.63, 3.8) is 0 Å². The molecule has 0 fully saturated rings. The summed E-state index contributed by atoms with van der Waals surface area (Å²) < 4.78 is 6.37. The lowest BCUT2D eigenvalue weighted by atomic mass is 9.97. The minimum atomic E-state index is 0.877. The van der Waals surface area contributed by atoms with E-state index in [4.69, 9.17) is 4.42 Å². The molecule has 10 aromatic rings. The summed E-state index contributed by atoms with van der Waals surface area (Å²) in [6.45, 7) is 0. The molecule has 2 heteroatoms. The lowest BCUT2D eigenvalue weighted by molar-refractivity contribution is 0.669. The number of para-hydroxylation sites is 1. The topological polar surface area (TPSA) is 16.4 Å². The third-order valence-corrected chi connectivity index (χ3v) is 10.0. The molecule has 10 rings (SSSR count). The maximum atomic E-state index is 6.37. The van der Waals surface area contributed by atoms with Crippen LogP contribution in [0.4, 0.5) is 17.1 Å². The number of furan rings is 1. The average Bonchev–Trinajstić information content (AvgIpc) is 3.56. The maximum absolute atomic E-state index is 6.37. The molecule has 0 atom stereocenters. The molecule has 0 amide bonds. The number of hydrogen-bond donors (Lipinski definition) is 0. The van der Waals surface area contributed by atoms with Crippen molar-refractivity contribution in [2.45, 2.75) is 0 Å². The van der Waals surface area contributed by atoms with Crippen LogP contribution in [0.15, 0.2) is 192 Å². The first kappa shape index (κ1) is 28.4. The first-order valence-electron chi connectivity index (χ1n) is 17.1. The lowest BCUT2D eigenvalue weighted by Crippen LogP contribution is -2.09. The fourth-order valence-corrected chi connectivity index (χ4v) is 7.58. The Balaban J connectivity index is 1.11. The zero-order chi connectivity index (χ0) is 33.0. The van der Waals surface area contributed by atoms with Crippen LogP contribution in [0.1, 0.15) is 0 Å². The monoisotopic (exact) mass is 637 g/mol. The Hall–Kier alpha value is -6.64. The Labute approximate surface area is 290 Å². The van der Waals surface area contributed by atoms with Crippen molar-refractivity contribution >= 4 is 71.3 Å². The van der Waals surface area contributed by atoms with E-state index in [-0.39, 0.29) is 0 Å². The van der Waals surface area contributed by atoms with Gasteiger partial charge in [-0.25, -0.2) is 0 Å². The molecule has 1 heterocycles. The molecule has 0 N–H and O–H groups in total. The Bertz CT molecular complexity index is 2860. The van der Waals surface area contributed by atoms with E-state index in [1.807, 2.05) is 12.1 Å². The van der Waals surface area contributed by atoms with Gasteiger partial charge in [-0.05, 0) is 103 Å². The van der Waals surface area contributed by atoms with Crippen LogP contribution in [-0.4, -0.2) is 0 Å². The predicted octanol–water partition coefficient (Wildman–Crippen LogP) is 13.8. The summed E-state index contributed by atoms with van der Waals surface area (Å²) in [5.41, 5.74) is 9.88. The van der Waals surface area contributed by atoms with Crippen molar-refractivity contribution in [2.24, 2.45) is 0 Å². The van der Waals surface area contributed by atoms with Gasteiger partial charge in [0.1, 0.15) is 11.2 Å². The van der Waals surface area contributed by atoms with Crippen molar-refractivity contribution in [3.05, 3.63) is 188 Å². The van der Waals surface area contributed by atoms with E-state index in [0.29, 0.717) is 0 Å². The molecular weight excluding hydrogens is 607 g/mol. The van der Waals surface area contributed by atoms with Crippen molar-refractivity contribution in [3.8, 4) is 22.3 Å². The number of fused-ring (bicyclic) bond motifs is 7. The van der Waals surface area contributed by atoms with Crippen LogP contribution in [0.5, 0.6) is 0 Å². The van der Waals surface area contributed by atoms with Gasteiger partial charge in [-0.3, -0.25) is 0 Å². The minimum Gasteiger partial charge on any atom is -0.456 e. The largest absolute Gasteiger partial charge is 0.456 e. The summed E-state index contributed by atoms with van der Waals surface area (Å²) in [4.78, 5) is 2.33. The maximum Gasteiger partial charge on any atom is 0.137 e. The highest BCUT2D eigenvalue weighted by Crippen LogP contribution is 2.41. The van der Waals surface area contributed by atoms with Gasteiger partial charge in [0.2, 0.25) is 0 Å². The van der Waals surface area contributed by atoms with E-state index in [2.05, 4.69) is 181 Å². The molecular formula is C48H31NO. The van der Waals surface area contributed by atoms with Crippen LogP contribution >= 0.6 is 0 Å². The molecule has 0 saturated heterocycles. The van der Waals surface area contributed by atoms with Crippen LogP contribution in [0.2, 0.25) is 0 Å². The zero-order valence-corrected chi connectivity index (χ0v) is 27.3. The Morgan fingerprint density at radius 1 is 0.300 bits per heavy atom. The van der Waals surface area contributed by atoms with Gasteiger partial charge in [0, 0.05) is 33.9 Å². The third kappa shape index (κ3) is 4.73. The predicted molar refractivity (Wildman–Crippen MR) is 212 cm³/mol. The van der Waals surface area contributed by atoms with Gasteiger partial charge in [0.15, 0.2) is 0 Å². The molecule has 0 aliphatic rings. The molecule has 1 aromatic heterocycles. The molecule has 0 unspecified atom stereocenters. The molecule has 9 aromatic carbocycles. The Kier molecular flexibility index (Phi) is 6.53. The van der Waals surface area contributed by atoms with E-state index in [1.165, 1.54) is 54.6 Å². The summed E-state index contributed by atoms with van der Waals surface area (Å²) in [7, 11) is 0. The average molecular weight is 638 g/mol. The third-order valence-electron chi connectivity index (χ3n) is 10.0. The Morgan fingerprint density at radius 3 is 1.74 bits per heavy atom. The molecule has 0 radical (unpaired) electrons. The van der Waals surface area contributed by atoms with Crippen molar-refractivity contribution in [2.75, 3.05) is 4.90 Å². The molecule has 0 aliphatic carbocycles. The second-order valence-corrected chi connectivity index (χ2v) is 13.0. The standard InChI is InChI=1S/C48H31NO/c1-2-9-32(10-3-1)35-21-26-43-36(29-35)17-18-37-30-39(24-27-44(37)43)49(40-25-28-46-45-14-6-7-16-47(45)50-48(46)31-40)38-22-19-34(20-23-38)42-15-8-12-33-11-4-5-13-41(33)42/h1-31H. The number of benzene rings is 9. The first-order chi connectivity index (χ1) is 24.8. The van der Waals surface area contributed by atoms with Gasteiger partial charge < -0.3 is 9.32 Å². The highest BCUT2D eigenvalue weighted by molar-refractivity contribution is 6.10. The van der Waals surface area contributed by atoms with Gasteiger partial charge in [0.25, 0.3) is 0 Å². The smallest absolute Gasteiger partial charge is 0.137 e. The summed E-state index contributed by atoms with van der Waals surface area (Å²) in [6.07, 6.45) is 0. The first-order valence-corrected chi connectivity index (χ1v) is 17.1. The zero-order valence-electron chi connectivity index (χ0n) is 27.3. The van der Waals surface area contributed by atoms with E-state index < -0.39 is 0 Å². The van der Waals surface area contributed by atoms with Crippen molar-refractivity contribution in [1.82, 2.24) is 0 Å². The minimum absolute atomic E-state index is 0.877. The van der Waals surface area contributed by atoms with Gasteiger partial charge in [-0.15, -0.1) is 0 Å². The van der Waals surface area contributed by atoms with Crippen LogP contribution in [-0.2, 0) is 0 Å². The lowest BCUT2D eigenvalue weighted by Gasteiger charge is -2.26. The second kappa shape index (κ2) is 11.5. The fourth-order valence-electron chi connectivity index (χ4n) is 7.58. The van der Waals surface area contributed by atoms with Crippen LogP contribution in [0.3, 0.4) is 0 Å². The van der Waals surface area contributed by atoms with Crippen molar-refractivity contribution in [1.29, 1.82) is 0 Å². The van der Waals surface area contributed by atoms with E-state index in [1.54, 1.807) is 0 Å². The summed E-state index contributed by atoms with van der Waals surface area (Å²) in [6, 6.07) is 67.6. The summed E-state index contributed by atoms with van der Waals surface area (Å²) in [5, 5.41) is 9.69. The van der Waals surface area contributed by atoms with Crippen LogP contribution in [0.25, 0.3) is 76.5 Å². The van der Waals surface area contributed by atoms with Crippen LogP contribution in [0, 0.1) is 0 Å². The van der Waals surface area contributed by atoms with E-state index >= 15 is 0 Å². The second-order valence-electron chi connectivity index (χ2n) is 13.0. The van der Waals surface area contributed by atoms with Gasteiger partial charge in [-0.1, -0.05) is 133 Å². The number of anilines is 3. The van der Waals surface area contributed by atoms with Crippen LogP contribution < -0.4 is 4.90 Å². The molecule has 0 saturated carbocycles. The van der Waals surface area contributed by atoms with Gasteiger partial charge in [0.05, 0.1) is 0 Å². The summed E-state index contributed by atoms with van der Waals surface area (Å²) >= 11 is 0. The highest BCUT2D eigenvalue weighted by Gasteiger charge is 2.17. The van der Waals surface area contributed by atoms with Crippen molar-refractivity contribution < 1.29 is 4.42 Å².